The van der Waals surface area contributed by atoms with E-state index in [1.165, 1.54) is 6.92 Å². The minimum absolute atomic E-state index is 0.0806. The van der Waals surface area contributed by atoms with Gasteiger partial charge in [-0.1, -0.05) is 6.42 Å². The van der Waals surface area contributed by atoms with E-state index in [9.17, 15) is 24.0 Å². The highest BCUT2D eigenvalue weighted by molar-refractivity contribution is 7.80. The number of primary amides is 1. The average molecular weight is 449 g/mol. The van der Waals surface area contributed by atoms with Crippen molar-refractivity contribution in [1.82, 2.24) is 16.0 Å². The summed E-state index contributed by atoms with van der Waals surface area (Å²) in [4.78, 5) is 59.0. The third kappa shape index (κ3) is 11.0. The highest BCUT2D eigenvalue weighted by Crippen LogP contribution is 2.02. The van der Waals surface area contributed by atoms with Gasteiger partial charge in [0.2, 0.25) is 23.6 Å². The van der Waals surface area contributed by atoms with Crippen molar-refractivity contribution in [1.29, 1.82) is 0 Å². The molecule has 0 aliphatic rings. The molecule has 0 radical (unpaired) electrons. The molecule has 0 spiro atoms. The summed E-state index contributed by atoms with van der Waals surface area (Å²) in [6.07, 6.45) is 1.39. The Bertz CT molecular complexity index is 620. The molecule has 0 heterocycles. The van der Waals surface area contributed by atoms with E-state index in [0.717, 1.165) is 0 Å². The first kappa shape index (κ1) is 27.6. The van der Waals surface area contributed by atoms with E-state index in [0.29, 0.717) is 25.8 Å². The molecule has 0 saturated heterocycles. The molecule has 0 aromatic rings. The van der Waals surface area contributed by atoms with Crippen LogP contribution in [0.3, 0.4) is 0 Å². The summed E-state index contributed by atoms with van der Waals surface area (Å²) in [5.74, 6) is -4.15. The number of carbonyl (C=O) groups excluding carboxylic acids is 4. The maximum Gasteiger partial charge on any atom is 0.325 e. The van der Waals surface area contributed by atoms with Crippen LogP contribution in [0.15, 0.2) is 0 Å². The Morgan fingerprint density at radius 3 is 2.00 bits per heavy atom. The van der Waals surface area contributed by atoms with Crippen molar-refractivity contribution >= 4 is 42.2 Å². The first-order valence-corrected chi connectivity index (χ1v) is 10.1. The molecule has 172 valence electrons. The van der Waals surface area contributed by atoms with Crippen molar-refractivity contribution in [2.24, 2.45) is 17.2 Å². The molecular formula is C17H32N6O6S. The normalized spacial score (nSPS) is 14.7. The Kier molecular flexibility index (Phi) is 13.4. The second-order valence-electron chi connectivity index (χ2n) is 6.77. The quantitative estimate of drug-likeness (QED) is 0.0963. The summed E-state index contributed by atoms with van der Waals surface area (Å²) in [5.41, 5.74) is 16.3. The molecule has 4 amide bonds. The van der Waals surface area contributed by atoms with Crippen molar-refractivity contribution < 1.29 is 29.1 Å². The molecule has 0 rings (SSSR count). The van der Waals surface area contributed by atoms with Crippen LogP contribution in [0.25, 0.3) is 0 Å². The number of carboxylic acids is 1. The molecule has 0 aliphatic carbocycles. The van der Waals surface area contributed by atoms with Crippen molar-refractivity contribution in [2.75, 3.05) is 12.3 Å². The highest BCUT2D eigenvalue weighted by atomic mass is 32.1. The predicted octanol–water partition coefficient (Wildman–Crippen LogP) is -2.80. The van der Waals surface area contributed by atoms with E-state index in [1.807, 2.05) is 0 Å². The van der Waals surface area contributed by atoms with Crippen LogP contribution in [-0.4, -0.2) is 71.2 Å². The topological polar surface area (TPSA) is 220 Å². The third-order valence-corrected chi connectivity index (χ3v) is 4.53. The molecular weight excluding hydrogens is 416 g/mol. The molecule has 10 N–H and O–H groups in total. The SMILES string of the molecule is CC(NC(=O)C(CCC(N)=O)NC(=O)C(CS)NC(=O)C(N)CCCCN)C(=O)O. The number of amides is 4. The van der Waals surface area contributed by atoms with Gasteiger partial charge in [-0.2, -0.15) is 12.6 Å². The van der Waals surface area contributed by atoms with Gasteiger partial charge in [0.15, 0.2) is 0 Å². The van der Waals surface area contributed by atoms with E-state index in [1.54, 1.807) is 0 Å². The number of rotatable bonds is 15. The number of hydrogen-bond acceptors (Lipinski definition) is 8. The van der Waals surface area contributed by atoms with Crippen LogP contribution in [-0.2, 0) is 24.0 Å². The van der Waals surface area contributed by atoms with Gasteiger partial charge in [0.1, 0.15) is 18.1 Å². The van der Waals surface area contributed by atoms with E-state index < -0.39 is 53.8 Å². The second-order valence-corrected chi connectivity index (χ2v) is 7.13. The van der Waals surface area contributed by atoms with Gasteiger partial charge in [-0.15, -0.1) is 0 Å². The smallest absolute Gasteiger partial charge is 0.325 e. The van der Waals surface area contributed by atoms with Gasteiger partial charge in [0.05, 0.1) is 6.04 Å². The Balaban J connectivity index is 5.05. The molecule has 0 aromatic heterocycles. The Morgan fingerprint density at radius 1 is 0.933 bits per heavy atom. The number of nitrogens with one attached hydrogen (secondary N) is 3. The lowest BCUT2D eigenvalue weighted by Gasteiger charge is -2.23. The lowest BCUT2D eigenvalue weighted by molar-refractivity contribution is -0.142. The number of aliphatic carboxylic acids is 1. The molecule has 13 heteroatoms. The molecule has 4 unspecified atom stereocenters. The van der Waals surface area contributed by atoms with E-state index >= 15 is 0 Å². The number of thiol groups is 1. The second kappa shape index (κ2) is 14.6. The van der Waals surface area contributed by atoms with Gasteiger partial charge in [-0.25, -0.2) is 0 Å². The summed E-state index contributed by atoms with van der Waals surface area (Å²) < 4.78 is 0. The minimum atomic E-state index is -1.27. The van der Waals surface area contributed by atoms with Crippen molar-refractivity contribution in [3.63, 3.8) is 0 Å². The minimum Gasteiger partial charge on any atom is -0.480 e. The van der Waals surface area contributed by atoms with Gasteiger partial charge in [-0.05, 0) is 32.7 Å². The lowest BCUT2D eigenvalue weighted by atomic mass is 10.1. The van der Waals surface area contributed by atoms with Crippen molar-refractivity contribution in [2.45, 2.75) is 63.2 Å². The number of hydrogen-bond donors (Lipinski definition) is 8. The number of carbonyl (C=O) groups is 5. The summed E-state index contributed by atoms with van der Waals surface area (Å²) in [5, 5.41) is 16.0. The molecule has 12 nitrogen and oxygen atoms in total. The zero-order valence-corrected chi connectivity index (χ0v) is 17.8. The first-order valence-electron chi connectivity index (χ1n) is 9.52. The fraction of sp³-hybridized carbons (Fsp3) is 0.706. The Hall–Kier alpha value is -2.38. The van der Waals surface area contributed by atoms with Crippen molar-refractivity contribution in [3.8, 4) is 0 Å². The van der Waals surface area contributed by atoms with Crippen LogP contribution in [0.4, 0.5) is 0 Å². The number of unbranched alkanes of at least 4 members (excludes halogenated alkanes) is 1. The zero-order valence-electron chi connectivity index (χ0n) is 16.9. The predicted molar refractivity (Wildman–Crippen MR) is 112 cm³/mol. The fourth-order valence-corrected chi connectivity index (χ4v) is 2.57. The van der Waals surface area contributed by atoms with Crippen LogP contribution in [0.5, 0.6) is 0 Å². The first-order chi connectivity index (χ1) is 14.0. The number of nitrogens with two attached hydrogens (primary N) is 3. The van der Waals surface area contributed by atoms with E-state index in [4.69, 9.17) is 22.3 Å². The molecule has 0 saturated carbocycles. The highest BCUT2D eigenvalue weighted by Gasteiger charge is 2.28. The van der Waals surface area contributed by atoms with Gasteiger partial charge in [-0.3, -0.25) is 24.0 Å². The van der Waals surface area contributed by atoms with Crippen molar-refractivity contribution in [3.05, 3.63) is 0 Å². The van der Waals surface area contributed by atoms with Crippen LogP contribution >= 0.6 is 12.6 Å². The van der Waals surface area contributed by atoms with Crippen LogP contribution < -0.4 is 33.2 Å². The molecule has 0 aromatic carbocycles. The average Bonchev–Trinajstić information content (AvgIpc) is 2.68. The standard InChI is InChI=1S/C17H32N6O6S/c1-9(17(28)29)21-15(26)11(5-6-13(20)24)22-16(27)12(8-30)23-14(25)10(19)4-2-3-7-18/h9-12,30H,2-8,18-19H2,1H3,(H2,20,24)(H,21,26)(H,22,27)(H,23,25)(H,28,29). The Labute approximate surface area is 180 Å². The van der Waals surface area contributed by atoms with Crippen LogP contribution in [0.1, 0.15) is 39.0 Å². The monoisotopic (exact) mass is 448 g/mol. The van der Waals surface area contributed by atoms with Gasteiger partial charge in [0.25, 0.3) is 0 Å². The van der Waals surface area contributed by atoms with Gasteiger partial charge < -0.3 is 38.3 Å². The Morgan fingerprint density at radius 2 is 1.50 bits per heavy atom. The van der Waals surface area contributed by atoms with E-state index in [-0.39, 0.29) is 18.6 Å². The van der Waals surface area contributed by atoms with Gasteiger partial charge in [0, 0.05) is 12.2 Å². The molecule has 0 aliphatic heterocycles. The maximum absolute atomic E-state index is 12.5. The lowest BCUT2D eigenvalue weighted by Crippen LogP contribution is -2.57. The maximum atomic E-state index is 12.5. The van der Waals surface area contributed by atoms with Crippen LogP contribution in [0, 0.1) is 0 Å². The zero-order chi connectivity index (χ0) is 23.3. The van der Waals surface area contributed by atoms with Gasteiger partial charge >= 0.3 is 5.97 Å². The fourth-order valence-electron chi connectivity index (χ4n) is 2.32. The summed E-state index contributed by atoms with van der Waals surface area (Å²) >= 11 is 4.04. The molecule has 30 heavy (non-hydrogen) atoms. The summed E-state index contributed by atoms with van der Waals surface area (Å²) in [7, 11) is 0. The number of carboxylic acid groups (broad SMARTS) is 1. The molecule has 0 fully saturated rings. The third-order valence-electron chi connectivity index (χ3n) is 4.16. The molecule has 4 atom stereocenters. The van der Waals surface area contributed by atoms with E-state index in [2.05, 4.69) is 28.6 Å². The largest absolute Gasteiger partial charge is 0.480 e. The summed E-state index contributed by atoms with van der Waals surface area (Å²) in [6.45, 7) is 1.72. The molecule has 0 bridgehead atoms. The summed E-state index contributed by atoms with van der Waals surface area (Å²) in [6, 6.07) is -4.37. The van der Waals surface area contributed by atoms with Crippen LogP contribution in [0.2, 0.25) is 0 Å².